The number of hydrogen-bond acceptors (Lipinski definition) is 4. The second-order valence-electron chi connectivity index (χ2n) is 3.56. The van der Waals surface area contributed by atoms with Crippen LogP contribution in [0.4, 0.5) is 4.79 Å². The summed E-state index contributed by atoms with van der Waals surface area (Å²) in [5.74, 6) is -0.286. The zero-order chi connectivity index (χ0) is 12.1. The van der Waals surface area contributed by atoms with Crippen LogP contribution in [0.3, 0.4) is 0 Å². The van der Waals surface area contributed by atoms with Crippen molar-refractivity contribution in [2.45, 2.75) is 12.5 Å². The molecule has 0 aromatic carbocycles. The lowest BCUT2D eigenvalue weighted by Gasteiger charge is -2.34. The fraction of sp³-hybridized carbons (Fsp3) is 0.667. The van der Waals surface area contributed by atoms with Crippen molar-refractivity contribution in [1.29, 1.82) is 5.26 Å². The highest BCUT2D eigenvalue weighted by molar-refractivity contribution is 5.82. The fourth-order valence-corrected chi connectivity index (χ4v) is 1.54. The van der Waals surface area contributed by atoms with Crippen molar-refractivity contribution in [3.05, 3.63) is 0 Å². The first-order valence-electron chi connectivity index (χ1n) is 4.95. The number of nitrogens with two attached hydrogens (primary N) is 1. The third-order valence-electron chi connectivity index (χ3n) is 2.49. The molecule has 1 heterocycles. The molecule has 7 heteroatoms. The number of carbonyl (C=O) groups excluding carboxylic acids is 1. The van der Waals surface area contributed by atoms with E-state index in [0.29, 0.717) is 26.2 Å². The van der Waals surface area contributed by atoms with Crippen LogP contribution in [0.25, 0.3) is 0 Å². The number of amides is 2. The summed E-state index contributed by atoms with van der Waals surface area (Å²) in [6, 6.07) is 1.03. The summed E-state index contributed by atoms with van der Waals surface area (Å²) in [7, 11) is 0. The molecule has 1 atom stereocenters. The number of carboxylic acid groups (broad SMARTS) is 1. The van der Waals surface area contributed by atoms with Gasteiger partial charge in [0.05, 0.1) is 18.5 Å². The van der Waals surface area contributed by atoms with Crippen LogP contribution in [0, 0.1) is 11.3 Å². The molecule has 1 rings (SSSR count). The first-order chi connectivity index (χ1) is 7.56. The van der Waals surface area contributed by atoms with Gasteiger partial charge in [-0.3, -0.25) is 4.79 Å². The van der Waals surface area contributed by atoms with Crippen molar-refractivity contribution in [2.75, 3.05) is 26.2 Å². The Morgan fingerprint density at radius 3 is 2.25 bits per heavy atom. The molecule has 88 valence electrons. The first-order valence-corrected chi connectivity index (χ1v) is 4.95. The van der Waals surface area contributed by atoms with E-state index >= 15 is 0 Å². The average Bonchev–Trinajstić information content (AvgIpc) is 2.28. The molecule has 1 fully saturated rings. The monoisotopic (exact) mass is 226 g/mol. The van der Waals surface area contributed by atoms with Crippen molar-refractivity contribution in [1.82, 2.24) is 9.80 Å². The summed E-state index contributed by atoms with van der Waals surface area (Å²) in [5.41, 5.74) is 5.51. The molecule has 0 bridgehead atoms. The van der Waals surface area contributed by atoms with E-state index in [4.69, 9.17) is 16.1 Å². The van der Waals surface area contributed by atoms with Crippen LogP contribution >= 0.6 is 0 Å². The number of piperazine rings is 1. The molecule has 3 N–H and O–H groups in total. The Bertz CT molecular complexity index is 317. The largest absolute Gasteiger partial charge is 0.465 e. The first kappa shape index (κ1) is 12.3. The third kappa shape index (κ3) is 2.84. The maximum absolute atomic E-state index is 11.6. The van der Waals surface area contributed by atoms with Crippen LogP contribution < -0.4 is 5.73 Å². The van der Waals surface area contributed by atoms with Gasteiger partial charge in [-0.2, -0.15) is 5.26 Å². The van der Waals surface area contributed by atoms with Crippen LogP contribution in [0.2, 0.25) is 0 Å². The third-order valence-corrected chi connectivity index (χ3v) is 2.49. The quantitative estimate of drug-likeness (QED) is 0.630. The molecule has 1 saturated heterocycles. The fourth-order valence-electron chi connectivity index (χ4n) is 1.54. The predicted molar refractivity (Wildman–Crippen MR) is 54.4 cm³/mol. The molecule has 7 nitrogen and oxygen atoms in total. The Hall–Kier alpha value is -1.81. The van der Waals surface area contributed by atoms with Gasteiger partial charge in [0.25, 0.3) is 0 Å². The normalized spacial score (nSPS) is 17.8. The standard InChI is InChI=1S/C9H14N4O3/c10-2-1-7(11)8(14)12-3-5-13(6-4-12)9(15)16/h7H,1,3-6,11H2,(H,15,16)/t7-/m0/s1. The van der Waals surface area contributed by atoms with E-state index in [2.05, 4.69) is 0 Å². The van der Waals surface area contributed by atoms with Crippen LogP contribution in [-0.4, -0.2) is 59.1 Å². The SMILES string of the molecule is N#CC[C@H](N)C(=O)N1CCN(C(=O)O)CC1. The summed E-state index contributed by atoms with van der Waals surface area (Å²) >= 11 is 0. The lowest BCUT2D eigenvalue weighted by molar-refractivity contribution is -0.134. The lowest BCUT2D eigenvalue weighted by atomic mass is 10.2. The molecule has 16 heavy (non-hydrogen) atoms. The van der Waals surface area contributed by atoms with E-state index in [-0.39, 0.29) is 12.3 Å². The molecule has 2 amide bonds. The predicted octanol–water partition coefficient (Wildman–Crippen LogP) is -0.950. The minimum Gasteiger partial charge on any atom is -0.465 e. The van der Waals surface area contributed by atoms with Gasteiger partial charge < -0.3 is 20.6 Å². The summed E-state index contributed by atoms with van der Waals surface area (Å²) in [4.78, 5) is 25.0. The summed E-state index contributed by atoms with van der Waals surface area (Å²) in [5, 5.41) is 17.1. The molecule has 0 spiro atoms. The van der Waals surface area contributed by atoms with E-state index in [0.717, 1.165) is 0 Å². The summed E-state index contributed by atoms with van der Waals surface area (Å²) < 4.78 is 0. The molecule has 0 aromatic heterocycles. The van der Waals surface area contributed by atoms with E-state index in [1.807, 2.05) is 6.07 Å². The van der Waals surface area contributed by atoms with Crippen molar-refractivity contribution in [2.24, 2.45) is 5.73 Å². The Morgan fingerprint density at radius 1 is 1.31 bits per heavy atom. The second-order valence-corrected chi connectivity index (χ2v) is 3.56. The zero-order valence-electron chi connectivity index (χ0n) is 8.80. The number of nitriles is 1. The maximum Gasteiger partial charge on any atom is 0.407 e. The van der Waals surface area contributed by atoms with Gasteiger partial charge in [-0.25, -0.2) is 4.79 Å². The highest BCUT2D eigenvalue weighted by atomic mass is 16.4. The molecule has 0 aliphatic carbocycles. The molecular formula is C9H14N4O3. The summed E-state index contributed by atoms with van der Waals surface area (Å²) in [6.45, 7) is 1.26. The number of hydrogen-bond donors (Lipinski definition) is 2. The van der Waals surface area contributed by atoms with Gasteiger partial charge in [-0.15, -0.1) is 0 Å². The maximum atomic E-state index is 11.6. The van der Waals surface area contributed by atoms with Crippen molar-refractivity contribution < 1.29 is 14.7 Å². The van der Waals surface area contributed by atoms with Gasteiger partial charge in [-0.1, -0.05) is 0 Å². The van der Waals surface area contributed by atoms with Crippen LogP contribution in [0.1, 0.15) is 6.42 Å². The zero-order valence-corrected chi connectivity index (χ0v) is 8.80. The minimum absolute atomic E-state index is 0.0159. The van der Waals surface area contributed by atoms with Gasteiger partial charge in [0.15, 0.2) is 0 Å². The number of carbonyl (C=O) groups is 2. The van der Waals surface area contributed by atoms with Crippen molar-refractivity contribution in [3.8, 4) is 6.07 Å². The number of nitrogens with zero attached hydrogens (tertiary/aromatic N) is 3. The van der Waals surface area contributed by atoms with Crippen molar-refractivity contribution in [3.63, 3.8) is 0 Å². The van der Waals surface area contributed by atoms with Gasteiger partial charge in [0.2, 0.25) is 5.91 Å². The van der Waals surface area contributed by atoms with Crippen LogP contribution in [-0.2, 0) is 4.79 Å². The molecule has 1 aliphatic heterocycles. The smallest absolute Gasteiger partial charge is 0.407 e. The van der Waals surface area contributed by atoms with Gasteiger partial charge in [0.1, 0.15) is 0 Å². The highest BCUT2D eigenvalue weighted by Gasteiger charge is 2.26. The Morgan fingerprint density at radius 2 is 1.81 bits per heavy atom. The molecule has 1 aliphatic rings. The van der Waals surface area contributed by atoms with E-state index in [9.17, 15) is 9.59 Å². The number of rotatable bonds is 2. The Labute approximate surface area is 93.0 Å². The summed E-state index contributed by atoms with van der Waals surface area (Å²) in [6.07, 6.45) is -0.994. The lowest BCUT2D eigenvalue weighted by Crippen LogP contribution is -2.54. The van der Waals surface area contributed by atoms with Gasteiger partial charge in [0, 0.05) is 26.2 Å². The van der Waals surface area contributed by atoms with Crippen LogP contribution in [0.15, 0.2) is 0 Å². The van der Waals surface area contributed by atoms with E-state index in [1.165, 1.54) is 9.80 Å². The highest BCUT2D eigenvalue weighted by Crippen LogP contribution is 2.04. The molecule has 0 saturated carbocycles. The topological polar surface area (TPSA) is 111 Å². The second kappa shape index (κ2) is 5.32. The Balaban J connectivity index is 2.45. The molecule has 0 unspecified atom stereocenters. The molecule has 0 radical (unpaired) electrons. The van der Waals surface area contributed by atoms with E-state index in [1.54, 1.807) is 0 Å². The Kier molecular flexibility index (Phi) is 4.08. The van der Waals surface area contributed by atoms with Crippen molar-refractivity contribution >= 4 is 12.0 Å². The van der Waals surface area contributed by atoms with Gasteiger partial charge in [-0.05, 0) is 0 Å². The minimum atomic E-state index is -0.978. The average molecular weight is 226 g/mol. The molecule has 0 aromatic rings. The molecular weight excluding hydrogens is 212 g/mol. The van der Waals surface area contributed by atoms with Crippen LogP contribution in [0.5, 0.6) is 0 Å². The van der Waals surface area contributed by atoms with E-state index < -0.39 is 12.1 Å². The van der Waals surface area contributed by atoms with Gasteiger partial charge >= 0.3 is 6.09 Å².